The number of carbonyl (C=O) groups excluding carboxylic acids is 1. The van der Waals surface area contributed by atoms with Crippen molar-refractivity contribution in [2.75, 3.05) is 6.54 Å². The van der Waals surface area contributed by atoms with E-state index in [1.807, 2.05) is 89.8 Å². The molecule has 5 nitrogen and oxygen atoms in total. The molecule has 0 fully saturated rings. The first-order valence-corrected chi connectivity index (χ1v) is 12.5. The van der Waals surface area contributed by atoms with E-state index in [0.717, 1.165) is 17.7 Å². The molecule has 4 rings (SSSR count). The van der Waals surface area contributed by atoms with Gasteiger partial charge in [-0.1, -0.05) is 81.4 Å². The molecule has 5 heteroatoms. The van der Waals surface area contributed by atoms with Crippen LogP contribution in [0.15, 0.2) is 89.7 Å². The third-order valence-electron chi connectivity index (χ3n) is 6.53. The van der Waals surface area contributed by atoms with E-state index in [4.69, 9.17) is 4.98 Å². The van der Waals surface area contributed by atoms with E-state index in [1.54, 1.807) is 4.57 Å². The smallest absolute Gasteiger partial charge is 0.266 e. The molecule has 0 saturated carbocycles. The summed E-state index contributed by atoms with van der Waals surface area (Å²) in [5, 5.41) is 0.569. The average molecular weight is 468 g/mol. The summed E-state index contributed by atoms with van der Waals surface area (Å²) in [4.78, 5) is 34.7. The zero-order valence-corrected chi connectivity index (χ0v) is 20.7. The summed E-state index contributed by atoms with van der Waals surface area (Å²) in [6.45, 7) is 6.78. The Morgan fingerprint density at radius 3 is 2.11 bits per heavy atom. The Kier molecular flexibility index (Phi) is 7.76. The van der Waals surface area contributed by atoms with Gasteiger partial charge in [0.1, 0.15) is 5.82 Å². The molecule has 0 bridgehead atoms. The highest BCUT2D eigenvalue weighted by molar-refractivity contribution is 5.84. The second kappa shape index (κ2) is 11.1. The third kappa shape index (κ3) is 4.90. The van der Waals surface area contributed by atoms with Crippen molar-refractivity contribution in [1.82, 2.24) is 14.5 Å². The van der Waals surface area contributed by atoms with Gasteiger partial charge in [0.25, 0.3) is 5.56 Å². The Balaban J connectivity index is 1.90. The van der Waals surface area contributed by atoms with E-state index in [2.05, 4.69) is 20.8 Å². The number of nitrogens with zero attached hydrogens (tertiary/aromatic N) is 3. The lowest BCUT2D eigenvalue weighted by Gasteiger charge is -2.34. The van der Waals surface area contributed by atoms with Crippen molar-refractivity contribution < 1.29 is 4.79 Å². The molecule has 0 saturated heterocycles. The molecule has 1 amide bonds. The van der Waals surface area contributed by atoms with Crippen molar-refractivity contribution in [2.24, 2.45) is 0 Å². The van der Waals surface area contributed by atoms with Crippen molar-refractivity contribution in [3.05, 3.63) is 107 Å². The molecule has 180 valence electrons. The van der Waals surface area contributed by atoms with E-state index >= 15 is 0 Å². The van der Waals surface area contributed by atoms with Gasteiger partial charge in [-0.25, -0.2) is 4.98 Å². The lowest BCUT2D eigenvalue weighted by Crippen LogP contribution is -2.41. The summed E-state index contributed by atoms with van der Waals surface area (Å²) in [5.74, 6) is 0.440. The van der Waals surface area contributed by atoms with Crippen LogP contribution in [0.4, 0.5) is 0 Å². The quantitative estimate of drug-likeness (QED) is 0.292. The van der Waals surface area contributed by atoms with Gasteiger partial charge >= 0.3 is 0 Å². The zero-order valence-electron chi connectivity index (χ0n) is 20.7. The minimum absolute atomic E-state index is 0.0782. The number of carbonyl (C=O) groups is 1. The molecule has 0 N–H and O–H groups in total. The van der Waals surface area contributed by atoms with Gasteiger partial charge in [0, 0.05) is 6.54 Å². The number of amides is 1. The Morgan fingerprint density at radius 2 is 1.49 bits per heavy atom. The van der Waals surface area contributed by atoms with Gasteiger partial charge in [0.15, 0.2) is 0 Å². The number of hydrogen-bond acceptors (Lipinski definition) is 3. The van der Waals surface area contributed by atoms with Crippen molar-refractivity contribution >= 4 is 16.8 Å². The fourth-order valence-corrected chi connectivity index (χ4v) is 4.84. The summed E-state index contributed by atoms with van der Waals surface area (Å²) in [6.07, 6.45) is 2.17. The van der Waals surface area contributed by atoms with Gasteiger partial charge in [0.05, 0.1) is 28.6 Å². The fraction of sp³-hybridized carbons (Fsp3) is 0.300. The van der Waals surface area contributed by atoms with E-state index in [0.29, 0.717) is 36.1 Å². The van der Waals surface area contributed by atoms with Crippen molar-refractivity contribution in [3.63, 3.8) is 0 Å². The lowest BCUT2D eigenvalue weighted by atomic mass is 9.94. The van der Waals surface area contributed by atoms with Crippen molar-refractivity contribution in [2.45, 2.75) is 52.0 Å². The number of aromatic nitrogens is 2. The van der Waals surface area contributed by atoms with E-state index in [-0.39, 0.29) is 23.4 Å². The fourth-order valence-electron chi connectivity index (χ4n) is 4.84. The monoisotopic (exact) mass is 467 g/mol. The standard InChI is InChI=1S/C30H33N3O2/c1-4-21-32(29(34)24(5-2)22-15-9-7-10-16-22)27(6-3)28-31-26-20-14-13-19-25(26)30(35)33(28)23-17-11-8-12-18-23/h7-20,24,27H,4-6,21H2,1-3H3. The van der Waals surface area contributed by atoms with Crippen LogP contribution in [0.2, 0.25) is 0 Å². The molecule has 2 unspecified atom stereocenters. The third-order valence-corrected chi connectivity index (χ3v) is 6.53. The molecule has 4 aromatic rings. The van der Waals surface area contributed by atoms with E-state index < -0.39 is 0 Å². The maximum atomic E-state index is 14.0. The van der Waals surface area contributed by atoms with Crippen molar-refractivity contribution in [1.29, 1.82) is 0 Å². The molecule has 3 aromatic carbocycles. The molecule has 0 spiro atoms. The lowest BCUT2D eigenvalue weighted by molar-refractivity contribution is -0.135. The number of para-hydroxylation sites is 2. The SMILES string of the molecule is CCCN(C(=O)C(CC)c1ccccc1)C(CC)c1nc2ccccc2c(=O)n1-c1ccccc1. The summed E-state index contributed by atoms with van der Waals surface area (Å²) in [7, 11) is 0. The normalized spacial score (nSPS) is 12.9. The Labute approximate surface area is 207 Å². The largest absolute Gasteiger partial charge is 0.332 e. The first-order chi connectivity index (χ1) is 17.1. The molecule has 0 aliphatic carbocycles. The minimum Gasteiger partial charge on any atom is -0.332 e. The number of rotatable bonds is 9. The molecule has 1 aromatic heterocycles. The summed E-state index contributed by atoms with van der Waals surface area (Å²) in [6, 6.07) is 26.6. The molecular formula is C30H33N3O2. The molecular weight excluding hydrogens is 434 g/mol. The van der Waals surface area contributed by atoms with Crippen molar-refractivity contribution in [3.8, 4) is 5.69 Å². The number of benzene rings is 3. The molecule has 35 heavy (non-hydrogen) atoms. The predicted molar refractivity (Wildman–Crippen MR) is 142 cm³/mol. The first kappa shape index (κ1) is 24.4. The van der Waals surface area contributed by atoms with Crippen LogP contribution >= 0.6 is 0 Å². The Morgan fingerprint density at radius 1 is 0.857 bits per heavy atom. The van der Waals surface area contributed by atoms with Crippen LogP contribution in [0, 0.1) is 0 Å². The highest BCUT2D eigenvalue weighted by Crippen LogP contribution is 2.31. The van der Waals surface area contributed by atoms with Crippen LogP contribution in [0.1, 0.15) is 63.4 Å². The Bertz CT molecular complexity index is 1330. The van der Waals surface area contributed by atoms with Crippen LogP contribution < -0.4 is 5.56 Å². The Hall–Kier alpha value is -3.73. The first-order valence-electron chi connectivity index (χ1n) is 12.5. The van der Waals surface area contributed by atoms with Gasteiger partial charge in [0.2, 0.25) is 5.91 Å². The van der Waals surface area contributed by atoms with E-state index in [9.17, 15) is 9.59 Å². The van der Waals surface area contributed by atoms with Gasteiger partial charge in [-0.2, -0.15) is 0 Å². The summed E-state index contributed by atoms with van der Waals surface area (Å²) in [5.41, 5.74) is 2.30. The molecule has 1 heterocycles. The average Bonchev–Trinajstić information content (AvgIpc) is 2.90. The number of hydrogen-bond donors (Lipinski definition) is 0. The van der Waals surface area contributed by atoms with Crippen LogP contribution in [0.5, 0.6) is 0 Å². The van der Waals surface area contributed by atoms with E-state index in [1.165, 1.54) is 0 Å². The maximum absolute atomic E-state index is 14.0. The zero-order chi connectivity index (χ0) is 24.8. The summed E-state index contributed by atoms with van der Waals surface area (Å²) < 4.78 is 1.69. The maximum Gasteiger partial charge on any atom is 0.266 e. The topological polar surface area (TPSA) is 55.2 Å². The summed E-state index contributed by atoms with van der Waals surface area (Å²) >= 11 is 0. The highest BCUT2D eigenvalue weighted by atomic mass is 16.2. The molecule has 2 atom stereocenters. The van der Waals surface area contributed by atoms with Gasteiger partial charge < -0.3 is 4.90 Å². The van der Waals surface area contributed by atoms with Gasteiger partial charge in [-0.15, -0.1) is 0 Å². The second-order valence-electron chi connectivity index (χ2n) is 8.79. The molecule has 0 radical (unpaired) electrons. The number of fused-ring (bicyclic) bond motifs is 1. The minimum atomic E-state index is -0.335. The van der Waals surface area contributed by atoms with Crippen LogP contribution in [0.3, 0.4) is 0 Å². The van der Waals surface area contributed by atoms with Crippen LogP contribution in [-0.2, 0) is 4.79 Å². The van der Waals surface area contributed by atoms with Crippen LogP contribution in [-0.4, -0.2) is 26.9 Å². The predicted octanol–water partition coefficient (Wildman–Crippen LogP) is 6.27. The molecule has 0 aliphatic rings. The van der Waals surface area contributed by atoms with Crippen LogP contribution in [0.25, 0.3) is 16.6 Å². The van der Waals surface area contributed by atoms with Gasteiger partial charge in [-0.3, -0.25) is 14.2 Å². The highest BCUT2D eigenvalue weighted by Gasteiger charge is 2.32. The second-order valence-corrected chi connectivity index (χ2v) is 8.79. The van der Waals surface area contributed by atoms with Gasteiger partial charge in [-0.05, 0) is 49.1 Å². The molecule has 0 aliphatic heterocycles.